The third kappa shape index (κ3) is 2.29. The number of nitrogens with zero attached hydrogens (tertiary/aromatic N) is 2. The zero-order valence-electron chi connectivity index (χ0n) is 8.22. The summed E-state index contributed by atoms with van der Waals surface area (Å²) in [5.74, 6) is 0. The van der Waals surface area contributed by atoms with Gasteiger partial charge in [-0.25, -0.2) is 4.98 Å². The van der Waals surface area contributed by atoms with E-state index in [9.17, 15) is 0 Å². The van der Waals surface area contributed by atoms with Gasteiger partial charge < -0.3 is 4.90 Å². The highest BCUT2D eigenvalue weighted by molar-refractivity contribution is 7.11. The molecule has 0 amide bonds. The predicted octanol–water partition coefficient (Wildman–Crippen LogP) is 2.08. The van der Waals surface area contributed by atoms with E-state index < -0.39 is 0 Å². The van der Waals surface area contributed by atoms with Gasteiger partial charge in [0.2, 0.25) is 0 Å². The molecular formula is C9H16N2S. The SMILES string of the molecule is CCc1nc(CN(C)C)sc1C. The third-order valence-electron chi connectivity index (χ3n) is 1.72. The Morgan fingerprint density at radius 1 is 1.42 bits per heavy atom. The fraction of sp³-hybridized carbons (Fsp3) is 0.667. The largest absolute Gasteiger partial charge is 0.303 e. The van der Waals surface area contributed by atoms with Crippen molar-refractivity contribution in [1.82, 2.24) is 9.88 Å². The van der Waals surface area contributed by atoms with Crippen molar-refractivity contribution in [2.75, 3.05) is 14.1 Å². The van der Waals surface area contributed by atoms with E-state index in [0.29, 0.717) is 0 Å². The Hall–Kier alpha value is -0.410. The molecule has 0 N–H and O–H groups in total. The fourth-order valence-electron chi connectivity index (χ4n) is 1.15. The first-order valence-electron chi connectivity index (χ1n) is 4.23. The highest BCUT2D eigenvalue weighted by Gasteiger charge is 2.05. The highest BCUT2D eigenvalue weighted by atomic mass is 32.1. The molecule has 1 aromatic rings. The molecule has 1 rings (SSSR count). The maximum Gasteiger partial charge on any atom is 0.107 e. The lowest BCUT2D eigenvalue weighted by molar-refractivity contribution is 0.401. The van der Waals surface area contributed by atoms with Gasteiger partial charge in [-0.1, -0.05) is 6.92 Å². The average Bonchev–Trinajstić information content (AvgIpc) is 2.29. The minimum absolute atomic E-state index is 0.964. The molecule has 0 spiro atoms. The summed E-state index contributed by atoms with van der Waals surface area (Å²) in [6, 6.07) is 0. The van der Waals surface area contributed by atoms with Crippen molar-refractivity contribution in [3.05, 3.63) is 15.6 Å². The van der Waals surface area contributed by atoms with E-state index in [1.807, 2.05) is 11.3 Å². The van der Waals surface area contributed by atoms with Crippen molar-refractivity contribution in [2.24, 2.45) is 0 Å². The molecule has 0 aliphatic carbocycles. The first kappa shape index (κ1) is 9.68. The zero-order valence-corrected chi connectivity index (χ0v) is 9.03. The second-order valence-electron chi connectivity index (χ2n) is 3.20. The molecule has 12 heavy (non-hydrogen) atoms. The number of aromatic nitrogens is 1. The van der Waals surface area contributed by atoms with Gasteiger partial charge >= 0.3 is 0 Å². The van der Waals surface area contributed by atoms with Gasteiger partial charge in [0.05, 0.1) is 5.69 Å². The maximum atomic E-state index is 4.55. The Morgan fingerprint density at radius 3 is 2.50 bits per heavy atom. The Morgan fingerprint density at radius 2 is 2.08 bits per heavy atom. The number of hydrogen-bond acceptors (Lipinski definition) is 3. The number of aryl methyl sites for hydroxylation is 2. The summed E-state index contributed by atoms with van der Waals surface area (Å²) in [4.78, 5) is 8.07. The minimum Gasteiger partial charge on any atom is -0.303 e. The molecule has 2 nitrogen and oxygen atoms in total. The Bertz CT molecular complexity index is 253. The van der Waals surface area contributed by atoms with Crippen LogP contribution in [0, 0.1) is 6.92 Å². The van der Waals surface area contributed by atoms with Crippen molar-refractivity contribution < 1.29 is 0 Å². The molecule has 1 heterocycles. The summed E-state index contributed by atoms with van der Waals surface area (Å²) in [6.07, 6.45) is 1.05. The summed E-state index contributed by atoms with van der Waals surface area (Å²) in [7, 11) is 4.14. The minimum atomic E-state index is 0.964. The Balaban J connectivity index is 2.75. The lowest BCUT2D eigenvalue weighted by Gasteiger charge is -2.04. The van der Waals surface area contributed by atoms with Crippen molar-refractivity contribution in [3.8, 4) is 0 Å². The van der Waals surface area contributed by atoms with Crippen LogP contribution in [0.1, 0.15) is 22.5 Å². The summed E-state index contributed by atoms with van der Waals surface area (Å²) in [6.45, 7) is 5.27. The first-order valence-corrected chi connectivity index (χ1v) is 5.05. The topological polar surface area (TPSA) is 16.1 Å². The van der Waals surface area contributed by atoms with Gasteiger partial charge in [-0.05, 0) is 27.4 Å². The molecule has 0 saturated carbocycles. The molecule has 0 aromatic carbocycles. The standard InChI is InChI=1S/C9H16N2S/c1-5-8-7(2)12-9(10-8)6-11(3)4/h5-6H2,1-4H3. The molecule has 0 fully saturated rings. The van der Waals surface area contributed by atoms with E-state index >= 15 is 0 Å². The summed E-state index contributed by atoms with van der Waals surface area (Å²) in [5, 5.41) is 1.23. The van der Waals surface area contributed by atoms with Crippen LogP contribution in [-0.2, 0) is 13.0 Å². The van der Waals surface area contributed by atoms with Gasteiger partial charge in [-0.15, -0.1) is 11.3 Å². The maximum absolute atomic E-state index is 4.55. The van der Waals surface area contributed by atoms with Crippen molar-refractivity contribution >= 4 is 11.3 Å². The van der Waals surface area contributed by atoms with Crippen molar-refractivity contribution in [3.63, 3.8) is 0 Å². The third-order valence-corrected chi connectivity index (χ3v) is 2.72. The molecule has 3 heteroatoms. The number of hydrogen-bond donors (Lipinski definition) is 0. The van der Waals surface area contributed by atoms with Crippen LogP contribution in [0.3, 0.4) is 0 Å². The van der Waals surface area contributed by atoms with Gasteiger partial charge in [0.25, 0.3) is 0 Å². The van der Waals surface area contributed by atoms with Crippen LogP contribution in [0.2, 0.25) is 0 Å². The molecule has 1 aromatic heterocycles. The molecule has 0 aliphatic rings. The van der Waals surface area contributed by atoms with E-state index in [0.717, 1.165) is 13.0 Å². The van der Waals surface area contributed by atoms with Crippen molar-refractivity contribution in [1.29, 1.82) is 0 Å². The summed E-state index contributed by atoms with van der Waals surface area (Å²) < 4.78 is 0. The molecule has 0 bridgehead atoms. The molecule has 68 valence electrons. The van der Waals surface area contributed by atoms with E-state index in [4.69, 9.17) is 0 Å². The van der Waals surface area contributed by atoms with E-state index in [-0.39, 0.29) is 0 Å². The highest BCUT2D eigenvalue weighted by Crippen LogP contribution is 2.18. The Labute approximate surface area is 78.2 Å². The van der Waals surface area contributed by atoms with Crippen LogP contribution in [-0.4, -0.2) is 24.0 Å². The van der Waals surface area contributed by atoms with Crippen LogP contribution in [0.5, 0.6) is 0 Å². The smallest absolute Gasteiger partial charge is 0.107 e. The monoisotopic (exact) mass is 184 g/mol. The molecule has 0 atom stereocenters. The Kier molecular flexibility index (Phi) is 3.23. The second-order valence-corrected chi connectivity index (χ2v) is 4.49. The van der Waals surface area contributed by atoms with Crippen LogP contribution in [0.4, 0.5) is 0 Å². The zero-order chi connectivity index (χ0) is 9.14. The van der Waals surface area contributed by atoms with E-state index in [1.165, 1.54) is 15.6 Å². The van der Waals surface area contributed by atoms with E-state index in [1.54, 1.807) is 0 Å². The first-order chi connectivity index (χ1) is 5.63. The molecule has 0 unspecified atom stereocenters. The van der Waals surface area contributed by atoms with Gasteiger partial charge in [0.15, 0.2) is 0 Å². The van der Waals surface area contributed by atoms with Crippen molar-refractivity contribution in [2.45, 2.75) is 26.8 Å². The number of rotatable bonds is 3. The quantitative estimate of drug-likeness (QED) is 0.715. The predicted molar refractivity (Wildman–Crippen MR) is 53.6 cm³/mol. The van der Waals surface area contributed by atoms with Gasteiger partial charge in [-0.3, -0.25) is 0 Å². The number of thiazole rings is 1. The van der Waals surface area contributed by atoms with E-state index in [2.05, 4.69) is 37.8 Å². The van der Waals surface area contributed by atoms with Gasteiger partial charge in [0, 0.05) is 11.4 Å². The summed E-state index contributed by atoms with van der Waals surface area (Å²) >= 11 is 1.81. The van der Waals surface area contributed by atoms with Crippen LogP contribution in [0.15, 0.2) is 0 Å². The van der Waals surface area contributed by atoms with Gasteiger partial charge in [-0.2, -0.15) is 0 Å². The summed E-state index contributed by atoms with van der Waals surface area (Å²) in [5.41, 5.74) is 1.26. The molecule has 0 radical (unpaired) electrons. The van der Waals surface area contributed by atoms with Crippen LogP contribution in [0.25, 0.3) is 0 Å². The molecule has 0 saturated heterocycles. The average molecular weight is 184 g/mol. The molecular weight excluding hydrogens is 168 g/mol. The molecule has 0 aliphatic heterocycles. The van der Waals surface area contributed by atoms with Crippen LogP contribution >= 0.6 is 11.3 Å². The second kappa shape index (κ2) is 4.01. The van der Waals surface area contributed by atoms with Gasteiger partial charge in [0.1, 0.15) is 5.01 Å². The lowest BCUT2D eigenvalue weighted by Crippen LogP contribution is -2.10. The lowest BCUT2D eigenvalue weighted by atomic mass is 10.3. The normalized spacial score (nSPS) is 11.1. The van der Waals surface area contributed by atoms with Crippen LogP contribution < -0.4 is 0 Å². The fourth-order valence-corrected chi connectivity index (χ4v) is 2.29.